The van der Waals surface area contributed by atoms with Crippen LogP contribution in [0, 0.1) is 0 Å². The number of benzene rings is 2. The molecule has 3 heterocycles. The lowest BCUT2D eigenvalue weighted by Gasteiger charge is -2.28. The Kier molecular flexibility index (Phi) is 6.26. The molecule has 2 N–H and O–H groups in total. The lowest BCUT2D eigenvalue weighted by Crippen LogP contribution is -2.38. The number of likely N-dealkylation sites (N-methyl/N-ethyl adjacent to an activating group) is 1. The Labute approximate surface area is 202 Å². The van der Waals surface area contributed by atoms with Crippen molar-refractivity contribution in [3.8, 4) is 11.5 Å². The zero-order valence-electron chi connectivity index (χ0n) is 19.2. The van der Waals surface area contributed by atoms with Gasteiger partial charge in [0.1, 0.15) is 11.2 Å². The molecule has 8 heteroatoms. The zero-order valence-corrected chi connectivity index (χ0v) is 20.0. The summed E-state index contributed by atoms with van der Waals surface area (Å²) in [6.07, 6.45) is 0.491. The second-order valence-electron chi connectivity index (χ2n) is 8.27. The highest BCUT2D eigenvalue weighted by Gasteiger charge is 2.33. The summed E-state index contributed by atoms with van der Waals surface area (Å²) in [5, 5.41) is 7.49. The van der Waals surface area contributed by atoms with Crippen LogP contribution in [-0.4, -0.2) is 36.5 Å². The van der Waals surface area contributed by atoms with Gasteiger partial charge in [-0.3, -0.25) is 9.69 Å². The summed E-state index contributed by atoms with van der Waals surface area (Å²) in [4.78, 5) is 29.3. The molecule has 0 saturated heterocycles. The predicted molar refractivity (Wildman–Crippen MR) is 132 cm³/mol. The Hall–Kier alpha value is -3.36. The van der Waals surface area contributed by atoms with Gasteiger partial charge in [-0.1, -0.05) is 31.2 Å². The second-order valence-corrected chi connectivity index (χ2v) is 9.38. The standard InChI is InChI=1S/C26H27N3O4S/c1-3-29-13-12-18-21(15-29)34-25-22(18)24(30)27-23(28-25)17-10-11-19(20(14-17)32-4-2)33-26(31)16-8-6-5-7-9-16/h5-11,14,23,28H,3-4,12-13,15H2,1-2H3,(H,27,30)/t23-/m1/s1. The average Bonchev–Trinajstić information content (AvgIpc) is 3.23. The van der Waals surface area contributed by atoms with Crippen molar-refractivity contribution in [2.75, 3.05) is 25.0 Å². The predicted octanol–water partition coefficient (Wildman–Crippen LogP) is 4.60. The number of nitrogens with zero attached hydrogens (tertiary/aromatic N) is 1. The van der Waals surface area contributed by atoms with Crippen LogP contribution in [0.1, 0.15) is 56.7 Å². The third-order valence-electron chi connectivity index (χ3n) is 6.17. The van der Waals surface area contributed by atoms with E-state index in [1.165, 1.54) is 10.4 Å². The summed E-state index contributed by atoms with van der Waals surface area (Å²) in [5.74, 6) is 0.288. The van der Waals surface area contributed by atoms with Crippen molar-refractivity contribution in [1.82, 2.24) is 10.2 Å². The van der Waals surface area contributed by atoms with Crippen LogP contribution < -0.4 is 20.1 Å². The number of fused-ring (bicyclic) bond motifs is 3. The number of anilines is 1. The summed E-state index contributed by atoms with van der Waals surface area (Å²) in [6, 6.07) is 14.2. The third kappa shape index (κ3) is 4.26. The van der Waals surface area contributed by atoms with E-state index in [1.54, 1.807) is 41.7 Å². The Morgan fingerprint density at radius 1 is 1.12 bits per heavy atom. The van der Waals surface area contributed by atoms with Gasteiger partial charge in [0.25, 0.3) is 5.91 Å². The molecule has 0 radical (unpaired) electrons. The minimum atomic E-state index is -0.451. The van der Waals surface area contributed by atoms with Crippen LogP contribution in [0.4, 0.5) is 5.00 Å². The first kappa shape index (κ1) is 22.4. The van der Waals surface area contributed by atoms with Gasteiger partial charge < -0.3 is 20.1 Å². The second kappa shape index (κ2) is 9.48. The normalized spacial score (nSPS) is 17.2. The minimum Gasteiger partial charge on any atom is -0.490 e. The van der Waals surface area contributed by atoms with Gasteiger partial charge in [-0.25, -0.2) is 4.79 Å². The van der Waals surface area contributed by atoms with Crippen LogP contribution >= 0.6 is 11.3 Å². The number of ether oxygens (including phenoxy) is 2. The molecule has 0 fully saturated rings. The highest BCUT2D eigenvalue weighted by molar-refractivity contribution is 7.16. The summed E-state index contributed by atoms with van der Waals surface area (Å²) in [7, 11) is 0. The molecule has 2 aliphatic rings. The maximum atomic E-state index is 13.1. The van der Waals surface area contributed by atoms with Crippen LogP contribution in [0.15, 0.2) is 48.5 Å². The largest absolute Gasteiger partial charge is 0.490 e. The fourth-order valence-corrected chi connectivity index (χ4v) is 5.71. The van der Waals surface area contributed by atoms with Gasteiger partial charge in [-0.2, -0.15) is 0 Å². The maximum Gasteiger partial charge on any atom is 0.343 e. The smallest absolute Gasteiger partial charge is 0.343 e. The molecule has 7 nitrogen and oxygen atoms in total. The highest BCUT2D eigenvalue weighted by atomic mass is 32.1. The summed E-state index contributed by atoms with van der Waals surface area (Å²) in [5.41, 5.74) is 3.24. The monoisotopic (exact) mass is 477 g/mol. The molecule has 1 amide bonds. The van der Waals surface area contributed by atoms with Gasteiger partial charge in [0, 0.05) is 18.0 Å². The molecule has 176 valence electrons. The molecule has 2 aliphatic heterocycles. The van der Waals surface area contributed by atoms with E-state index in [9.17, 15) is 9.59 Å². The molecular weight excluding hydrogens is 450 g/mol. The van der Waals surface area contributed by atoms with Crippen molar-refractivity contribution >= 4 is 28.2 Å². The van der Waals surface area contributed by atoms with Crippen LogP contribution in [0.25, 0.3) is 0 Å². The van der Waals surface area contributed by atoms with Gasteiger partial charge in [0.15, 0.2) is 11.5 Å². The summed E-state index contributed by atoms with van der Waals surface area (Å²) in [6.45, 7) is 7.32. The van der Waals surface area contributed by atoms with Crippen molar-refractivity contribution in [2.45, 2.75) is 33.0 Å². The van der Waals surface area contributed by atoms with Gasteiger partial charge in [-0.15, -0.1) is 11.3 Å². The quantitative estimate of drug-likeness (QED) is 0.399. The first-order chi connectivity index (χ1) is 16.6. The molecule has 2 aromatic carbocycles. The number of thiophene rings is 1. The fraction of sp³-hybridized carbons (Fsp3) is 0.308. The SMILES string of the molecule is CCOc1cc([C@@H]2NC(=O)c3c(sc4c3CCN(CC)C4)N2)ccc1OC(=O)c1ccccc1. The van der Waals surface area contributed by atoms with E-state index in [0.29, 0.717) is 23.7 Å². The highest BCUT2D eigenvalue weighted by Crippen LogP contribution is 2.41. The number of carbonyl (C=O) groups excluding carboxylic acids is 2. The lowest BCUT2D eigenvalue weighted by atomic mass is 10.0. The third-order valence-corrected chi connectivity index (χ3v) is 7.32. The fourth-order valence-electron chi connectivity index (χ4n) is 4.40. The van der Waals surface area contributed by atoms with Gasteiger partial charge in [-0.05, 0) is 55.3 Å². The number of hydrogen-bond donors (Lipinski definition) is 2. The number of hydrogen-bond acceptors (Lipinski definition) is 7. The number of esters is 1. The van der Waals surface area contributed by atoms with E-state index in [2.05, 4.69) is 22.5 Å². The van der Waals surface area contributed by atoms with E-state index in [-0.39, 0.29) is 5.91 Å². The maximum absolute atomic E-state index is 13.1. The number of rotatable bonds is 6. The van der Waals surface area contributed by atoms with Gasteiger partial charge >= 0.3 is 5.97 Å². The number of carbonyl (C=O) groups is 2. The molecule has 5 rings (SSSR count). The van der Waals surface area contributed by atoms with Crippen LogP contribution in [-0.2, 0) is 13.0 Å². The van der Waals surface area contributed by atoms with Crippen molar-refractivity contribution in [3.05, 3.63) is 75.7 Å². The molecular formula is C26H27N3O4S. The van der Waals surface area contributed by atoms with Crippen molar-refractivity contribution in [2.24, 2.45) is 0 Å². The van der Waals surface area contributed by atoms with Crippen molar-refractivity contribution in [3.63, 3.8) is 0 Å². The molecule has 3 aromatic rings. The van der Waals surface area contributed by atoms with E-state index in [0.717, 1.165) is 42.2 Å². The molecule has 0 spiro atoms. The van der Waals surface area contributed by atoms with E-state index < -0.39 is 12.1 Å². The first-order valence-electron chi connectivity index (χ1n) is 11.6. The Balaban J connectivity index is 1.39. The topological polar surface area (TPSA) is 79.9 Å². The Morgan fingerprint density at radius 2 is 1.94 bits per heavy atom. The summed E-state index contributed by atoms with van der Waals surface area (Å²) < 4.78 is 11.4. The van der Waals surface area contributed by atoms with E-state index in [4.69, 9.17) is 9.47 Å². The van der Waals surface area contributed by atoms with E-state index in [1.807, 2.05) is 25.1 Å². The zero-order chi connectivity index (χ0) is 23.7. The summed E-state index contributed by atoms with van der Waals surface area (Å²) >= 11 is 1.67. The number of amides is 1. The average molecular weight is 478 g/mol. The van der Waals surface area contributed by atoms with Gasteiger partial charge in [0.2, 0.25) is 0 Å². The lowest BCUT2D eigenvalue weighted by molar-refractivity contribution is 0.0728. The first-order valence-corrected chi connectivity index (χ1v) is 12.4. The molecule has 0 aliphatic carbocycles. The number of nitrogens with one attached hydrogen (secondary N) is 2. The minimum absolute atomic E-state index is 0.0567. The van der Waals surface area contributed by atoms with Crippen LogP contribution in [0.5, 0.6) is 11.5 Å². The van der Waals surface area contributed by atoms with Crippen LogP contribution in [0.3, 0.4) is 0 Å². The molecule has 0 saturated carbocycles. The van der Waals surface area contributed by atoms with Crippen molar-refractivity contribution in [1.29, 1.82) is 0 Å². The Morgan fingerprint density at radius 3 is 2.71 bits per heavy atom. The van der Waals surface area contributed by atoms with Crippen molar-refractivity contribution < 1.29 is 19.1 Å². The Bertz CT molecular complexity index is 1220. The molecule has 0 bridgehead atoms. The van der Waals surface area contributed by atoms with E-state index >= 15 is 0 Å². The van der Waals surface area contributed by atoms with Gasteiger partial charge in [0.05, 0.1) is 17.7 Å². The molecule has 0 unspecified atom stereocenters. The van der Waals surface area contributed by atoms with Crippen LogP contribution in [0.2, 0.25) is 0 Å². The molecule has 1 aromatic heterocycles. The molecule has 1 atom stereocenters. The molecule has 34 heavy (non-hydrogen) atoms.